The molecule has 2 heteroatoms. The monoisotopic (exact) mass is 588 g/mol. The molecule has 0 aliphatic heterocycles. The maximum absolute atomic E-state index is 6.07. The van der Waals surface area contributed by atoms with Crippen molar-refractivity contribution in [2.24, 2.45) is 0 Å². The highest BCUT2D eigenvalue weighted by molar-refractivity contribution is 5.47. The normalized spacial score (nSPS) is 11.2. The molecule has 0 heterocycles. The number of nitrogens with two attached hydrogens (primary N) is 2. The number of anilines is 2. The van der Waals surface area contributed by atoms with Crippen molar-refractivity contribution in [1.82, 2.24) is 0 Å². The number of aryl methyl sites for hydroxylation is 4. The lowest BCUT2D eigenvalue weighted by Crippen LogP contribution is -1.98. The number of hydrogen-bond donors (Lipinski definition) is 2. The summed E-state index contributed by atoms with van der Waals surface area (Å²) in [5.74, 6) is 0. The third kappa shape index (κ3) is 11.2. The van der Waals surface area contributed by atoms with Crippen LogP contribution in [0, 0.1) is 0 Å². The van der Waals surface area contributed by atoms with Crippen molar-refractivity contribution >= 4 is 11.4 Å². The molecule has 4 aromatic carbocycles. The predicted octanol–water partition coefficient (Wildman–Crippen LogP) is 10.8. The fourth-order valence-corrected chi connectivity index (χ4v) is 6.29. The van der Waals surface area contributed by atoms with E-state index < -0.39 is 0 Å². The van der Waals surface area contributed by atoms with E-state index in [4.69, 9.17) is 11.5 Å². The van der Waals surface area contributed by atoms with Gasteiger partial charge in [-0.25, -0.2) is 0 Å². The van der Waals surface area contributed by atoms with Crippen LogP contribution in [0.5, 0.6) is 0 Å². The van der Waals surface area contributed by atoms with E-state index in [-0.39, 0.29) is 0 Å². The topological polar surface area (TPSA) is 52.0 Å². The molecule has 0 spiro atoms. The van der Waals surface area contributed by atoms with E-state index in [9.17, 15) is 0 Å². The van der Waals surface area contributed by atoms with Gasteiger partial charge >= 0.3 is 0 Å². The zero-order valence-electron chi connectivity index (χ0n) is 27.6. The van der Waals surface area contributed by atoms with Crippen LogP contribution in [0.3, 0.4) is 0 Å². The van der Waals surface area contributed by atoms with Crippen LogP contribution in [0.1, 0.15) is 123 Å². The highest BCUT2D eigenvalue weighted by Crippen LogP contribution is 2.22. The number of nitrogen functional groups attached to an aromatic ring is 2. The summed E-state index contributed by atoms with van der Waals surface area (Å²) in [6.07, 6.45) is 19.4. The van der Waals surface area contributed by atoms with Crippen molar-refractivity contribution in [2.75, 3.05) is 11.5 Å². The molecule has 4 N–H and O–H groups in total. The first-order chi connectivity index (χ1) is 21.5. The summed E-state index contributed by atoms with van der Waals surface area (Å²) in [5.41, 5.74) is 25.3. The zero-order valence-corrected chi connectivity index (χ0v) is 27.6. The van der Waals surface area contributed by atoms with Gasteiger partial charge in [0.05, 0.1) is 0 Å². The molecule has 2 nitrogen and oxygen atoms in total. The number of rotatable bonds is 19. The Kier molecular flexibility index (Phi) is 13.9. The Balaban J connectivity index is 1.10. The predicted molar refractivity (Wildman–Crippen MR) is 193 cm³/mol. The summed E-state index contributed by atoms with van der Waals surface area (Å²) >= 11 is 0. The molecule has 0 fully saturated rings. The Morgan fingerprint density at radius 1 is 0.364 bits per heavy atom. The van der Waals surface area contributed by atoms with Crippen LogP contribution in [0.25, 0.3) is 0 Å². The molecule has 4 aromatic rings. The van der Waals surface area contributed by atoms with Crippen LogP contribution in [0.2, 0.25) is 0 Å². The van der Waals surface area contributed by atoms with Crippen molar-refractivity contribution in [3.63, 3.8) is 0 Å². The molecule has 0 radical (unpaired) electrons. The summed E-state index contributed by atoms with van der Waals surface area (Å²) in [6.45, 7) is 4.50. The number of hydrogen-bond acceptors (Lipinski definition) is 2. The van der Waals surface area contributed by atoms with E-state index in [0.29, 0.717) is 0 Å². The molecular weight excluding hydrogens is 532 g/mol. The van der Waals surface area contributed by atoms with Gasteiger partial charge in [-0.15, -0.1) is 0 Å². The SMILES string of the molecule is CCCCc1cc(N)ccc1Cc1ccc(CCCCCCCCc2ccc(Cc3ccc(N)cc3CCCC)cc2)cc1. The van der Waals surface area contributed by atoms with Crippen LogP contribution in [0.4, 0.5) is 11.4 Å². The summed E-state index contributed by atoms with van der Waals surface area (Å²) in [6, 6.07) is 31.5. The fraction of sp³-hybridized carbons (Fsp3) is 0.429. The van der Waals surface area contributed by atoms with Crippen LogP contribution in [-0.4, -0.2) is 0 Å². The summed E-state index contributed by atoms with van der Waals surface area (Å²) in [7, 11) is 0. The van der Waals surface area contributed by atoms with E-state index >= 15 is 0 Å². The summed E-state index contributed by atoms with van der Waals surface area (Å²) < 4.78 is 0. The van der Waals surface area contributed by atoms with E-state index in [0.717, 1.165) is 37.1 Å². The molecule has 0 amide bonds. The average molecular weight is 589 g/mol. The van der Waals surface area contributed by atoms with Gasteiger partial charge < -0.3 is 11.5 Å². The van der Waals surface area contributed by atoms with Crippen molar-refractivity contribution in [2.45, 2.75) is 117 Å². The van der Waals surface area contributed by atoms with Gasteiger partial charge in [-0.3, -0.25) is 0 Å². The molecule has 0 aliphatic rings. The number of unbranched alkanes of at least 4 members (excludes halogenated alkanes) is 7. The Morgan fingerprint density at radius 2 is 0.727 bits per heavy atom. The second-order valence-electron chi connectivity index (χ2n) is 12.9. The van der Waals surface area contributed by atoms with Crippen molar-refractivity contribution in [1.29, 1.82) is 0 Å². The highest BCUT2D eigenvalue weighted by atomic mass is 14.5. The van der Waals surface area contributed by atoms with Crippen molar-refractivity contribution in [3.8, 4) is 0 Å². The maximum Gasteiger partial charge on any atom is 0.0316 e. The second kappa shape index (κ2) is 18.3. The lowest BCUT2D eigenvalue weighted by molar-refractivity contribution is 0.594. The van der Waals surface area contributed by atoms with E-state index in [1.165, 1.54) is 122 Å². The molecule has 0 unspecified atom stereocenters. The van der Waals surface area contributed by atoms with Gasteiger partial charge in [-0.05, 0) is 133 Å². The Hall–Kier alpha value is -3.52. The minimum absolute atomic E-state index is 0.877. The van der Waals surface area contributed by atoms with Gasteiger partial charge in [-0.1, -0.05) is 113 Å². The first-order valence-electron chi connectivity index (χ1n) is 17.4. The average Bonchev–Trinajstić information content (AvgIpc) is 3.04. The van der Waals surface area contributed by atoms with Crippen molar-refractivity contribution in [3.05, 3.63) is 129 Å². The fourth-order valence-electron chi connectivity index (χ4n) is 6.29. The van der Waals surface area contributed by atoms with Crippen LogP contribution < -0.4 is 11.5 Å². The molecule has 0 saturated heterocycles. The Labute approximate surface area is 268 Å². The Bertz CT molecular complexity index is 1280. The summed E-state index contributed by atoms with van der Waals surface area (Å²) in [4.78, 5) is 0. The van der Waals surface area contributed by atoms with Crippen molar-refractivity contribution < 1.29 is 0 Å². The van der Waals surface area contributed by atoms with Crippen LogP contribution in [-0.2, 0) is 38.5 Å². The van der Waals surface area contributed by atoms with E-state index in [2.05, 4.69) is 86.6 Å². The summed E-state index contributed by atoms with van der Waals surface area (Å²) in [5, 5.41) is 0. The van der Waals surface area contributed by atoms with Gasteiger partial charge in [0.2, 0.25) is 0 Å². The lowest BCUT2D eigenvalue weighted by Gasteiger charge is -2.11. The van der Waals surface area contributed by atoms with E-state index in [1.54, 1.807) is 0 Å². The van der Waals surface area contributed by atoms with Crippen LogP contribution in [0.15, 0.2) is 84.9 Å². The standard InChI is InChI=1S/C42H56N2/c1-3-5-15-37-31-41(43)27-25-39(37)29-35-21-17-33(18-22-35)13-11-9-7-8-10-12-14-34-19-23-36(24-20-34)30-40-26-28-42(44)32-38(40)16-6-4-2/h17-28,31-32H,3-16,29-30,43-44H2,1-2H3. The minimum Gasteiger partial charge on any atom is -0.399 e. The smallest absolute Gasteiger partial charge is 0.0316 e. The minimum atomic E-state index is 0.877. The zero-order chi connectivity index (χ0) is 31.0. The van der Waals surface area contributed by atoms with Crippen LogP contribution >= 0.6 is 0 Å². The maximum atomic E-state index is 6.07. The third-order valence-electron chi connectivity index (χ3n) is 9.08. The molecule has 0 aromatic heterocycles. The van der Waals surface area contributed by atoms with E-state index in [1.807, 2.05) is 12.1 Å². The largest absolute Gasteiger partial charge is 0.399 e. The van der Waals surface area contributed by atoms with Gasteiger partial charge in [0.15, 0.2) is 0 Å². The van der Waals surface area contributed by atoms with Gasteiger partial charge in [-0.2, -0.15) is 0 Å². The molecule has 0 saturated carbocycles. The number of benzene rings is 4. The molecule has 0 aliphatic carbocycles. The van der Waals surface area contributed by atoms with Gasteiger partial charge in [0.25, 0.3) is 0 Å². The molecule has 0 bridgehead atoms. The molecule has 0 atom stereocenters. The molecular formula is C42H56N2. The lowest BCUT2D eigenvalue weighted by atomic mass is 9.95. The Morgan fingerprint density at radius 3 is 1.11 bits per heavy atom. The third-order valence-corrected chi connectivity index (χ3v) is 9.08. The first kappa shape index (κ1) is 33.4. The second-order valence-corrected chi connectivity index (χ2v) is 12.9. The molecule has 234 valence electrons. The molecule has 44 heavy (non-hydrogen) atoms. The quantitative estimate of drug-likeness (QED) is 0.0845. The molecule has 4 rings (SSSR count). The van der Waals surface area contributed by atoms with Gasteiger partial charge in [0, 0.05) is 11.4 Å². The highest BCUT2D eigenvalue weighted by Gasteiger charge is 2.07. The van der Waals surface area contributed by atoms with Gasteiger partial charge in [0.1, 0.15) is 0 Å². The first-order valence-corrected chi connectivity index (χ1v) is 17.4.